The van der Waals surface area contributed by atoms with E-state index in [1.54, 1.807) is 13.8 Å². The minimum atomic E-state index is -0.624. The van der Waals surface area contributed by atoms with E-state index in [0.717, 1.165) is 29.7 Å². The number of hydrogen-bond acceptors (Lipinski definition) is 4. The molecule has 2 amide bonds. The number of amides is 2. The number of para-hydroxylation sites is 1. The van der Waals surface area contributed by atoms with Crippen molar-refractivity contribution in [3.63, 3.8) is 0 Å². The molecule has 1 aliphatic rings. The zero-order chi connectivity index (χ0) is 19.3. The van der Waals surface area contributed by atoms with E-state index in [1.807, 2.05) is 32.0 Å². The van der Waals surface area contributed by atoms with Gasteiger partial charge < -0.3 is 15.7 Å². The van der Waals surface area contributed by atoms with Crippen LogP contribution in [0, 0.1) is 13.8 Å². The standard InChI is InChI=1S/C20H31N3O3/c1-14-6-5-7-15(2)19(14)21-18(26)12-23(16-8-9-16)11-10-17(25)22-20(3,4)13-24/h5-7,16,24H,8-13H2,1-4H3,(H,21,26)(H,22,25). The van der Waals surface area contributed by atoms with Crippen molar-refractivity contribution < 1.29 is 14.7 Å². The zero-order valence-electron chi connectivity index (χ0n) is 16.3. The van der Waals surface area contributed by atoms with Crippen molar-refractivity contribution in [1.29, 1.82) is 0 Å². The van der Waals surface area contributed by atoms with Crippen LogP contribution < -0.4 is 10.6 Å². The lowest BCUT2D eigenvalue weighted by Gasteiger charge is -2.25. The summed E-state index contributed by atoms with van der Waals surface area (Å²) in [6, 6.07) is 6.32. The van der Waals surface area contributed by atoms with Gasteiger partial charge in [-0.05, 0) is 51.7 Å². The average molecular weight is 361 g/mol. The molecule has 0 unspecified atom stereocenters. The minimum absolute atomic E-state index is 0.0506. The van der Waals surface area contributed by atoms with E-state index in [-0.39, 0.29) is 25.0 Å². The molecule has 2 rings (SSSR count). The van der Waals surface area contributed by atoms with Crippen LogP contribution in [0.25, 0.3) is 0 Å². The highest BCUT2D eigenvalue weighted by Crippen LogP contribution is 2.27. The van der Waals surface area contributed by atoms with Crippen LogP contribution in [0.15, 0.2) is 18.2 Å². The molecule has 0 heterocycles. The second kappa shape index (κ2) is 8.64. The van der Waals surface area contributed by atoms with E-state index in [1.165, 1.54) is 0 Å². The molecule has 0 atom stereocenters. The molecule has 1 fully saturated rings. The van der Waals surface area contributed by atoms with Gasteiger partial charge in [-0.3, -0.25) is 14.5 Å². The summed E-state index contributed by atoms with van der Waals surface area (Å²) in [5, 5.41) is 15.1. The Morgan fingerprint density at radius 3 is 2.35 bits per heavy atom. The van der Waals surface area contributed by atoms with E-state index < -0.39 is 5.54 Å². The molecule has 0 radical (unpaired) electrons. The van der Waals surface area contributed by atoms with Gasteiger partial charge in [-0.15, -0.1) is 0 Å². The third-order valence-corrected chi connectivity index (χ3v) is 4.65. The summed E-state index contributed by atoms with van der Waals surface area (Å²) in [5.41, 5.74) is 2.33. The Morgan fingerprint density at radius 2 is 1.81 bits per heavy atom. The van der Waals surface area contributed by atoms with Crippen LogP contribution in [0.4, 0.5) is 5.69 Å². The van der Waals surface area contributed by atoms with Crippen LogP contribution >= 0.6 is 0 Å². The molecular weight excluding hydrogens is 330 g/mol. The fourth-order valence-electron chi connectivity index (χ4n) is 2.93. The van der Waals surface area contributed by atoms with Crippen LogP contribution in [-0.2, 0) is 9.59 Å². The van der Waals surface area contributed by atoms with Gasteiger partial charge in [0.25, 0.3) is 0 Å². The molecule has 0 aromatic heterocycles. The second-order valence-electron chi connectivity index (χ2n) is 7.86. The summed E-state index contributed by atoms with van der Waals surface area (Å²) < 4.78 is 0. The van der Waals surface area contributed by atoms with Gasteiger partial charge in [-0.25, -0.2) is 0 Å². The summed E-state index contributed by atoms with van der Waals surface area (Å²) in [7, 11) is 0. The highest BCUT2D eigenvalue weighted by atomic mass is 16.3. The van der Waals surface area contributed by atoms with Crippen molar-refractivity contribution in [2.75, 3.05) is 25.0 Å². The number of anilines is 1. The fourth-order valence-corrected chi connectivity index (χ4v) is 2.93. The highest BCUT2D eigenvalue weighted by Gasteiger charge is 2.31. The molecule has 0 aliphatic heterocycles. The molecule has 144 valence electrons. The molecule has 26 heavy (non-hydrogen) atoms. The second-order valence-corrected chi connectivity index (χ2v) is 7.86. The number of aliphatic hydroxyl groups excluding tert-OH is 1. The number of rotatable bonds is 9. The van der Waals surface area contributed by atoms with Gasteiger partial charge in [0.2, 0.25) is 11.8 Å². The molecule has 1 aromatic carbocycles. The molecular formula is C20H31N3O3. The topological polar surface area (TPSA) is 81.7 Å². The molecule has 1 saturated carbocycles. The molecule has 0 saturated heterocycles. The lowest BCUT2D eigenvalue weighted by molar-refractivity contribution is -0.124. The SMILES string of the molecule is Cc1cccc(C)c1NC(=O)CN(CCC(=O)NC(C)(C)CO)C1CC1. The first kappa shape index (κ1) is 20.4. The number of carbonyl (C=O) groups excluding carboxylic acids is 2. The van der Waals surface area contributed by atoms with Gasteiger partial charge in [0.05, 0.1) is 18.7 Å². The van der Waals surface area contributed by atoms with Crippen LogP contribution in [0.3, 0.4) is 0 Å². The normalized spacial score (nSPS) is 14.4. The Bertz CT molecular complexity index is 633. The fraction of sp³-hybridized carbons (Fsp3) is 0.600. The molecule has 1 aliphatic carbocycles. The maximum absolute atomic E-state index is 12.5. The predicted molar refractivity (Wildman–Crippen MR) is 103 cm³/mol. The van der Waals surface area contributed by atoms with Crippen molar-refractivity contribution in [2.24, 2.45) is 0 Å². The molecule has 1 aromatic rings. The maximum Gasteiger partial charge on any atom is 0.238 e. The van der Waals surface area contributed by atoms with Crippen LogP contribution in [0.1, 0.15) is 44.2 Å². The summed E-state index contributed by atoms with van der Waals surface area (Å²) in [6.45, 7) is 8.24. The number of aliphatic hydroxyl groups is 1. The third-order valence-electron chi connectivity index (χ3n) is 4.65. The molecule has 6 heteroatoms. The first-order valence-corrected chi connectivity index (χ1v) is 9.24. The van der Waals surface area contributed by atoms with E-state index in [9.17, 15) is 14.7 Å². The third kappa shape index (κ3) is 6.11. The Hall–Kier alpha value is -1.92. The van der Waals surface area contributed by atoms with Gasteiger partial charge in [0, 0.05) is 24.7 Å². The van der Waals surface area contributed by atoms with Crippen LogP contribution in [0.5, 0.6) is 0 Å². The Morgan fingerprint density at radius 1 is 1.19 bits per heavy atom. The summed E-state index contributed by atoms with van der Waals surface area (Å²) in [4.78, 5) is 26.7. The van der Waals surface area contributed by atoms with Crippen LogP contribution in [-0.4, -0.2) is 53.1 Å². The lowest BCUT2D eigenvalue weighted by Crippen LogP contribution is -2.47. The van der Waals surface area contributed by atoms with Gasteiger partial charge >= 0.3 is 0 Å². The lowest BCUT2D eigenvalue weighted by atomic mass is 10.1. The summed E-state index contributed by atoms with van der Waals surface area (Å²) in [5.74, 6) is -0.157. The van der Waals surface area contributed by atoms with Crippen molar-refractivity contribution in [1.82, 2.24) is 10.2 Å². The van der Waals surface area contributed by atoms with E-state index in [0.29, 0.717) is 19.0 Å². The Kier molecular flexibility index (Phi) is 6.78. The summed E-state index contributed by atoms with van der Waals surface area (Å²) in [6.07, 6.45) is 2.46. The molecule has 0 bridgehead atoms. The predicted octanol–water partition coefficient (Wildman–Crippen LogP) is 1.98. The molecule has 0 spiro atoms. The number of nitrogens with one attached hydrogen (secondary N) is 2. The monoisotopic (exact) mass is 361 g/mol. The number of benzene rings is 1. The smallest absolute Gasteiger partial charge is 0.238 e. The van der Waals surface area contributed by atoms with Crippen LogP contribution in [0.2, 0.25) is 0 Å². The van der Waals surface area contributed by atoms with E-state index in [4.69, 9.17) is 0 Å². The number of hydrogen-bond donors (Lipinski definition) is 3. The van der Waals surface area contributed by atoms with Crippen molar-refractivity contribution in [3.05, 3.63) is 29.3 Å². The Labute approximate surface area is 156 Å². The summed E-state index contributed by atoms with van der Waals surface area (Å²) >= 11 is 0. The van der Waals surface area contributed by atoms with Gasteiger partial charge in [-0.2, -0.15) is 0 Å². The van der Waals surface area contributed by atoms with Gasteiger partial charge in [-0.1, -0.05) is 18.2 Å². The minimum Gasteiger partial charge on any atom is -0.394 e. The first-order chi connectivity index (χ1) is 12.2. The Balaban J connectivity index is 1.88. The van der Waals surface area contributed by atoms with Crippen molar-refractivity contribution >= 4 is 17.5 Å². The van der Waals surface area contributed by atoms with Gasteiger partial charge in [0.1, 0.15) is 0 Å². The van der Waals surface area contributed by atoms with E-state index >= 15 is 0 Å². The zero-order valence-corrected chi connectivity index (χ0v) is 16.3. The number of nitrogens with zero attached hydrogens (tertiary/aromatic N) is 1. The molecule has 6 nitrogen and oxygen atoms in total. The average Bonchev–Trinajstić information content (AvgIpc) is 3.39. The number of carbonyl (C=O) groups is 2. The first-order valence-electron chi connectivity index (χ1n) is 9.24. The van der Waals surface area contributed by atoms with Crippen molar-refractivity contribution in [3.8, 4) is 0 Å². The van der Waals surface area contributed by atoms with Crippen molar-refractivity contribution in [2.45, 2.75) is 58.5 Å². The number of aryl methyl sites for hydroxylation is 2. The van der Waals surface area contributed by atoms with Gasteiger partial charge in [0.15, 0.2) is 0 Å². The highest BCUT2D eigenvalue weighted by molar-refractivity contribution is 5.93. The molecule has 3 N–H and O–H groups in total. The largest absolute Gasteiger partial charge is 0.394 e. The quantitative estimate of drug-likeness (QED) is 0.628. The maximum atomic E-state index is 12.5. The van der Waals surface area contributed by atoms with E-state index in [2.05, 4.69) is 15.5 Å².